The standard InChI is InChI=1S/C12H26N2O3S/c1-3-4-6-14-12(16)11(13)5-7-18-9-10(15)8-17-2/h10-11,15H,3-9,13H2,1-2H3,(H,14,16). The Bertz CT molecular complexity index is 217. The summed E-state index contributed by atoms with van der Waals surface area (Å²) in [5, 5.41) is 12.2. The number of carbonyl (C=O) groups is 1. The van der Waals surface area contributed by atoms with Crippen LogP contribution < -0.4 is 11.1 Å². The van der Waals surface area contributed by atoms with Crippen LogP contribution in [-0.2, 0) is 9.53 Å². The van der Waals surface area contributed by atoms with E-state index in [0.717, 1.165) is 18.6 Å². The van der Waals surface area contributed by atoms with E-state index in [-0.39, 0.29) is 5.91 Å². The molecule has 0 rings (SSSR count). The predicted molar refractivity (Wildman–Crippen MR) is 75.7 cm³/mol. The number of hydrogen-bond donors (Lipinski definition) is 3. The van der Waals surface area contributed by atoms with Crippen molar-refractivity contribution in [2.75, 3.05) is 31.8 Å². The van der Waals surface area contributed by atoms with Crippen LogP contribution in [0.2, 0.25) is 0 Å². The van der Waals surface area contributed by atoms with Gasteiger partial charge < -0.3 is 20.9 Å². The average Bonchev–Trinajstić information content (AvgIpc) is 2.35. The van der Waals surface area contributed by atoms with Gasteiger partial charge in [-0.2, -0.15) is 11.8 Å². The van der Waals surface area contributed by atoms with Crippen molar-refractivity contribution >= 4 is 17.7 Å². The monoisotopic (exact) mass is 278 g/mol. The maximum atomic E-state index is 11.5. The number of aliphatic hydroxyl groups is 1. The van der Waals surface area contributed by atoms with E-state index >= 15 is 0 Å². The van der Waals surface area contributed by atoms with Gasteiger partial charge in [-0.15, -0.1) is 0 Å². The fraction of sp³-hybridized carbons (Fsp3) is 0.917. The number of unbranched alkanes of at least 4 members (excludes halogenated alkanes) is 1. The normalized spacial score (nSPS) is 14.2. The molecule has 5 nitrogen and oxygen atoms in total. The van der Waals surface area contributed by atoms with E-state index in [1.54, 1.807) is 18.9 Å². The number of rotatable bonds is 11. The maximum Gasteiger partial charge on any atom is 0.236 e. The summed E-state index contributed by atoms with van der Waals surface area (Å²) in [5.41, 5.74) is 5.76. The molecule has 4 N–H and O–H groups in total. The fourth-order valence-electron chi connectivity index (χ4n) is 1.32. The summed E-state index contributed by atoms with van der Waals surface area (Å²) < 4.78 is 4.82. The molecule has 0 bridgehead atoms. The average molecular weight is 278 g/mol. The van der Waals surface area contributed by atoms with Crippen LogP contribution in [-0.4, -0.2) is 54.9 Å². The van der Waals surface area contributed by atoms with Crippen molar-refractivity contribution in [1.29, 1.82) is 0 Å². The van der Waals surface area contributed by atoms with Gasteiger partial charge in [0.25, 0.3) is 0 Å². The van der Waals surface area contributed by atoms with E-state index in [9.17, 15) is 9.90 Å². The molecular weight excluding hydrogens is 252 g/mol. The number of nitrogens with two attached hydrogens (primary N) is 1. The number of nitrogens with one attached hydrogen (secondary N) is 1. The Morgan fingerprint density at radius 3 is 2.89 bits per heavy atom. The van der Waals surface area contributed by atoms with Crippen molar-refractivity contribution in [3.05, 3.63) is 0 Å². The van der Waals surface area contributed by atoms with Gasteiger partial charge in [0.2, 0.25) is 5.91 Å². The molecule has 2 atom stereocenters. The van der Waals surface area contributed by atoms with E-state index in [1.165, 1.54) is 0 Å². The number of amides is 1. The van der Waals surface area contributed by atoms with Gasteiger partial charge in [0.05, 0.1) is 18.8 Å². The van der Waals surface area contributed by atoms with Gasteiger partial charge in [-0.1, -0.05) is 13.3 Å². The first kappa shape index (κ1) is 17.7. The van der Waals surface area contributed by atoms with Crippen LogP contribution in [0.25, 0.3) is 0 Å². The molecule has 1 amide bonds. The lowest BCUT2D eigenvalue weighted by Gasteiger charge is -2.13. The molecule has 0 aromatic heterocycles. The maximum absolute atomic E-state index is 11.5. The Hall–Kier alpha value is -0.300. The summed E-state index contributed by atoms with van der Waals surface area (Å²) in [6.07, 6.45) is 2.22. The van der Waals surface area contributed by atoms with Crippen molar-refractivity contribution in [2.45, 2.75) is 38.3 Å². The van der Waals surface area contributed by atoms with Gasteiger partial charge in [0, 0.05) is 19.4 Å². The first-order valence-corrected chi connectivity index (χ1v) is 7.55. The zero-order valence-electron chi connectivity index (χ0n) is 11.4. The Balaban J connectivity index is 3.51. The third kappa shape index (κ3) is 9.70. The summed E-state index contributed by atoms with van der Waals surface area (Å²) >= 11 is 1.59. The summed E-state index contributed by atoms with van der Waals surface area (Å²) in [6, 6.07) is -0.450. The van der Waals surface area contributed by atoms with Crippen molar-refractivity contribution in [2.24, 2.45) is 5.73 Å². The van der Waals surface area contributed by atoms with E-state index in [1.807, 2.05) is 0 Å². The van der Waals surface area contributed by atoms with Crippen LogP contribution in [0.3, 0.4) is 0 Å². The van der Waals surface area contributed by atoms with E-state index in [4.69, 9.17) is 10.5 Å². The lowest BCUT2D eigenvalue weighted by atomic mass is 10.2. The third-order valence-electron chi connectivity index (χ3n) is 2.41. The van der Waals surface area contributed by atoms with Crippen molar-refractivity contribution in [3.8, 4) is 0 Å². The molecule has 0 aliphatic heterocycles. The van der Waals surface area contributed by atoms with Crippen LogP contribution >= 0.6 is 11.8 Å². The molecule has 0 aromatic carbocycles. The van der Waals surface area contributed by atoms with Crippen LogP contribution in [0.15, 0.2) is 0 Å². The molecule has 0 aliphatic carbocycles. The van der Waals surface area contributed by atoms with E-state index in [0.29, 0.717) is 25.3 Å². The SMILES string of the molecule is CCCCNC(=O)C(N)CCSCC(O)COC. The molecule has 0 saturated heterocycles. The molecule has 0 aliphatic rings. The Labute approximate surface area is 114 Å². The van der Waals surface area contributed by atoms with Gasteiger partial charge in [0.15, 0.2) is 0 Å². The highest BCUT2D eigenvalue weighted by Crippen LogP contribution is 2.06. The van der Waals surface area contributed by atoms with Gasteiger partial charge in [0.1, 0.15) is 0 Å². The minimum Gasteiger partial charge on any atom is -0.390 e. The molecule has 2 unspecified atom stereocenters. The molecule has 6 heteroatoms. The lowest BCUT2D eigenvalue weighted by Crippen LogP contribution is -2.41. The molecule has 18 heavy (non-hydrogen) atoms. The highest BCUT2D eigenvalue weighted by molar-refractivity contribution is 7.99. The zero-order chi connectivity index (χ0) is 13.8. The lowest BCUT2D eigenvalue weighted by molar-refractivity contribution is -0.122. The van der Waals surface area contributed by atoms with Crippen LogP contribution in [0, 0.1) is 0 Å². The predicted octanol–water partition coefficient (Wildman–Crippen LogP) is 0.361. The largest absolute Gasteiger partial charge is 0.390 e. The molecule has 0 saturated carbocycles. The number of hydrogen-bond acceptors (Lipinski definition) is 5. The first-order chi connectivity index (χ1) is 8.61. The number of methoxy groups -OCH3 is 1. The Morgan fingerprint density at radius 2 is 2.28 bits per heavy atom. The number of ether oxygens (including phenoxy) is 1. The number of carbonyl (C=O) groups excluding carboxylic acids is 1. The second-order valence-corrected chi connectivity index (χ2v) is 5.37. The minimum atomic E-state index is -0.450. The summed E-state index contributed by atoms with van der Waals surface area (Å²) in [5.74, 6) is 1.29. The quantitative estimate of drug-likeness (QED) is 0.475. The molecule has 0 spiro atoms. The molecule has 108 valence electrons. The molecule has 0 aromatic rings. The fourth-order valence-corrected chi connectivity index (χ4v) is 2.28. The zero-order valence-corrected chi connectivity index (χ0v) is 12.2. The molecule has 0 heterocycles. The van der Waals surface area contributed by atoms with Crippen molar-refractivity contribution in [3.63, 3.8) is 0 Å². The van der Waals surface area contributed by atoms with Gasteiger partial charge >= 0.3 is 0 Å². The Kier molecular flexibility index (Phi) is 11.6. The van der Waals surface area contributed by atoms with E-state index in [2.05, 4.69) is 12.2 Å². The van der Waals surface area contributed by atoms with Crippen LogP contribution in [0.1, 0.15) is 26.2 Å². The number of aliphatic hydroxyl groups excluding tert-OH is 1. The van der Waals surface area contributed by atoms with Crippen molar-refractivity contribution < 1.29 is 14.6 Å². The van der Waals surface area contributed by atoms with Crippen LogP contribution in [0.5, 0.6) is 0 Å². The first-order valence-electron chi connectivity index (χ1n) is 6.39. The number of thioether (sulfide) groups is 1. The highest BCUT2D eigenvalue weighted by atomic mass is 32.2. The van der Waals surface area contributed by atoms with Gasteiger partial charge in [-0.05, 0) is 18.6 Å². The molecule has 0 fully saturated rings. The van der Waals surface area contributed by atoms with Crippen molar-refractivity contribution in [1.82, 2.24) is 5.32 Å². The van der Waals surface area contributed by atoms with Crippen LogP contribution in [0.4, 0.5) is 0 Å². The van der Waals surface area contributed by atoms with Gasteiger partial charge in [-0.3, -0.25) is 4.79 Å². The second-order valence-electron chi connectivity index (χ2n) is 4.22. The smallest absolute Gasteiger partial charge is 0.236 e. The third-order valence-corrected chi connectivity index (χ3v) is 3.55. The summed E-state index contributed by atoms with van der Waals surface area (Å²) in [4.78, 5) is 11.5. The molecule has 0 radical (unpaired) electrons. The van der Waals surface area contributed by atoms with Gasteiger partial charge in [-0.25, -0.2) is 0 Å². The summed E-state index contributed by atoms with van der Waals surface area (Å²) in [7, 11) is 1.56. The summed E-state index contributed by atoms with van der Waals surface area (Å²) in [6.45, 7) is 3.12. The Morgan fingerprint density at radius 1 is 1.56 bits per heavy atom. The minimum absolute atomic E-state index is 0.0820. The second kappa shape index (κ2) is 11.8. The highest BCUT2D eigenvalue weighted by Gasteiger charge is 2.12. The van der Waals surface area contributed by atoms with E-state index < -0.39 is 12.1 Å². The molecular formula is C12H26N2O3S. The topological polar surface area (TPSA) is 84.6 Å².